The molecule has 1 unspecified atom stereocenters. The van der Waals surface area contributed by atoms with Crippen LogP contribution in [0, 0.1) is 0 Å². The van der Waals surface area contributed by atoms with E-state index in [2.05, 4.69) is 24.1 Å². The first-order valence-corrected chi connectivity index (χ1v) is 13.0. The Morgan fingerprint density at radius 1 is 0.833 bits per heavy atom. The Kier molecular flexibility index (Phi) is 13.5. The minimum absolute atomic E-state index is 0.397. The average Bonchev–Trinajstić information content (AvgIpc) is 2.63. The van der Waals surface area contributed by atoms with E-state index < -0.39 is 41.0 Å². The van der Waals surface area contributed by atoms with Crippen molar-refractivity contribution in [1.82, 2.24) is 10.6 Å². The third-order valence-corrected chi connectivity index (χ3v) is 4.98. The summed E-state index contributed by atoms with van der Waals surface area (Å²) in [6.07, 6.45) is 2.79. The summed E-state index contributed by atoms with van der Waals surface area (Å²) in [6.45, 7) is 25.7. The summed E-state index contributed by atoms with van der Waals surface area (Å²) in [4.78, 5) is 37.3. The number of alkyl carbamates (subject to hydrolysis) is 2. The van der Waals surface area contributed by atoms with Crippen molar-refractivity contribution in [2.75, 3.05) is 32.7 Å². The summed E-state index contributed by atoms with van der Waals surface area (Å²) in [5.74, 6) is -0.489. The van der Waals surface area contributed by atoms with Crippen LogP contribution in [0.5, 0.6) is 0 Å². The molecule has 2 amide bonds. The zero-order chi connectivity index (χ0) is 28.2. The van der Waals surface area contributed by atoms with Crippen molar-refractivity contribution in [3.05, 3.63) is 12.7 Å². The van der Waals surface area contributed by atoms with E-state index in [0.717, 1.165) is 26.1 Å². The van der Waals surface area contributed by atoms with Crippen molar-refractivity contribution in [3.63, 3.8) is 0 Å². The molecule has 0 radical (unpaired) electrons. The van der Waals surface area contributed by atoms with Gasteiger partial charge in [0.2, 0.25) is 0 Å². The second kappa shape index (κ2) is 14.4. The minimum atomic E-state index is -0.828. The molecule has 0 rings (SSSR count). The molecule has 0 aromatic carbocycles. The van der Waals surface area contributed by atoms with E-state index in [1.165, 1.54) is 0 Å². The highest BCUT2D eigenvalue weighted by atomic mass is 16.6. The fourth-order valence-electron chi connectivity index (χ4n) is 3.77. The number of esters is 1. The van der Waals surface area contributed by atoms with Crippen molar-refractivity contribution in [2.45, 2.75) is 111 Å². The maximum absolute atomic E-state index is 12.9. The maximum Gasteiger partial charge on any atom is 0.408 e. The van der Waals surface area contributed by atoms with Crippen LogP contribution >= 0.6 is 0 Å². The van der Waals surface area contributed by atoms with Crippen molar-refractivity contribution < 1.29 is 33.1 Å². The quantitative estimate of drug-likeness (QED) is 0.156. The second-order valence-electron chi connectivity index (χ2n) is 12.3. The van der Waals surface area contributed by atoms with Gasteiger partial charge in [-0.1, -0.05) is 13.5 Å². The van der Waals surface area contributed by atoms with E-state index in [1.807, 2.05) is 26.8 Å². The van der Waals surface area contributed by atoms with Crippen LogP contribution in [0.4, 0.5) is 9.59 Å². The summed E-state index contributed by atoms with van der Waals surface area (Å²) >= 11 is 0. The van der Waals surface area contributed by atoms with Crippen LogP contribution in [-0.4, -0.2) is 78.2 Å². The highest BCUT2D eigenvalue weighted by Gasteiger charge is 2.31. The van der Waals surface area contributed by atoms with Crippen LogP contribution in [0.15, 0.2) is 12.7 Å². The fraction of sp³-hybridized carbons (Fsp3) is 0.815. The summed E-state index contributed by atoms with van der Waals surface area (Å²) in [5.41, 5.74) is -1.91. The first-order valence-electron chi connectivity index (χ1n) is 13.0. The molecule has 210 valence electrons. The Balaban J connectivity index is 5.35. The topological polar surface area (TPSA) is 103 Å². The summed E-state index contributed by atoms with van der Waals surface area (Å²) < 4.78 is 16.9. The molecule has 9 nitrogen and oxygen atoms in total. The molecule has 0 bridgehead atoms. The SMILES string of the molecule is C=CC[N+](CCC)(CCC[C@H](NC(=O)OC(C)(C)C)C(=O)OC(C)(C)C)CCNC(=O)OC(C)(C)C. The molecular weight excluding hydrogens is 462 g/mol. The number of amides is 2. The predicted molar refractivity (Wildman–Crippen MR) is 143 cm³/mol. The molecule has 0 spiro atoms. The van der Waals surface area contributed by atoms with E-state index in [0.29, 0.717) is 30.4 Å². The fourth-order valence-corrected chi connectivity index (χ4v) is 3.77. The molecule has 0 aromatic heterocycles. The lowest BCUT2D eigenvalue weighted by atomic mass is 10.1. The molecule has 0 aliphatic carbocycles. The van der Waals surface area contributed by atoms with E-state index in [9.17, 15) is 14.4 Å². The highest BCUT2D eigenvalue weighted by molar-refractivity contribution is 5.81. The van der Waals surface area contributed by atoms with Crippen molar-refractivity contribution >= 4 is 18.2 Å². The number of quaternary nitrogens is 1. The second-order valence-corrected chi connectivity index (χ2v) is 12.3. The normalized spacial score (nSPS) is 14.7. The van der Waals surface area contributed by atoms with Gasteiger partial charge in [0.05, 0.1) is 32.7 Å². The summed E-state index contributed by atoms with van der Waals surface area (Å²) in [6, 6.07) is -0.828. The van der Waals surface area contributed by atoms with E-state index in [1.54, 1.807) is 41.5 Å². The number of ether oxygens (including phenoxy) is 3. The number of hydrogen-bond donors (Lipinski definition) is 2. The molecule has 0 fully saturated rings. The Morgan fingerprint density at radius 3 is 1.83 bits per heavy atom. The molecule has 0 heterocycles. The number of nitrogens with one attached hydrogen (secondary N) is 2. The summed E-state index contributed by atoms with van der Waals surface area (Å²) in [7, 11) is 0. The van der Waals surface area contributed by atoms with Crippen LogP contribution in [0.2, 0.25) is 0 Å². The number of hydrogen-bond acceptors (Lipinski definition) is 6. The molecule has 0 saturated carbocycles. The Hall–Kier alpha value is -2.29. The van der Waals surface area contributed by atoms with Gasteiger partial charge in [-0.25, -0.2) is 14.4 Å². The smallest absolute Gasteiger partial charge is 0.408 e. The predicted octanol–water partition coefficient (Wildman–Crippen LogP) is 4.94. The van der Waals surface area contributed by atoms with E-state index in [-0.39, 0.29) is 0 Å². The van der Waals surface area contributed by atoms with Gasteiger partial charge in [-0.15, -0.1) is 0 Å². The van der Waals surface area contributed by atoms with Crippen LogP contribution in [0.3, 0.4) is 0 Å². The number of carbonyl (C=O) groups is 3. The first-order chi connectivity index (χ1) is 16.3. The lowest BCUT2D eigenvalue weighted by molar-refractivity contribution is -0.922. The van der Waals surface area contributed by atoms with Crippen molar-refractivity contribution in [3.8, 4) is 0 Å². The Bertz CT molecular complexity index is 718. The molecule has 36 heavy (non-hydrogen) atoms. The first kappa shape index (κ1) is 33.7. The van der Waals surface area contributed by atoms with Crippen molar-refractivity contribution in [1.29, 1.82) is 0 Å². The molecular formula is C27H52N3O6+. The Labute approximate surface area is 218 Å². The molecule has 9 heteroatoms. The van der Waals surface area contributed by atoms with Crippen LogP contribution in [0.1, 0.15) is 88.5 Å². The van der Waals surface area contributed by atoms with Gasteiger partial charge in [-0.05, 0) is 87.7 Å². The number of rotatable bonds is 13. The van der Waals surface area contributed by atoms with Gasteiger partial charge < -0.3 is 29.3 Å². The van der Waals surface area contributed by atoms with E-state index >= 15 is 0 Å². The van der Waals surface area contributed by atoms with Gasteiger partial charge in [-0.2, -0.15) is 0 Å². The molecule has 0 saturated heterocycles. The van der Waals surface area contributed by atoms with Crippen LogP contribution in [-0.2, 0) is 19.0 Å². The zero-order valence-electron chi connectivity index (χ0n) is 24.4. The van der Waals surface area contributed by atoms with Gasteiger partial charge >= 0.3 is 18.2 Å². The molecule has 0 aliphatic heterocycles. The van der Waals surface area contributed by atoms with Gasteiger partial charge in [-0.3, -0.25) is 0 Å². The van der Waals surface area contributed by atoms with Gasteiger partial charge in [0.25, 0.3) is 0 Å². The molecule has 0 aromatic rings. The average molecular weight is 515 g/mol. The van der Waals surface area contributed by atoms with Gasteiger partial charge in [0.1, 0.15) is 22.8 Å². The lowest BCUT2D eigenvalue weighted by Crippen LogP contribution is -2.54. The van der Waals surface area contributed by atoms with Crippen molar-refractivity contribution in [2.24, 2.45) is 0 Å². The minimum Gasteiger partial charge on any atom is -0.458 e. The van der Waals surface area contributed by atoms with Crippen LogP contribution < -0.4 is 10.6 Å². The molecule has 2 atom stereocenters. The van der Waals surface area contributed by atoms with Crippen LogP contribution in [0.25, 0.3) is 0 Å². The largest absolute Gasteiger partial charge is 0.458 e. The molecule has 2 N–H and O–H groups in total. The molecule has 0 aliphatic rings. The summed E-state index contributed by atoms with van der Waals surface area (Å²) in [5, 5.41) is 5.53. The highest BCUT2D eigenvalue weighted by Crippen LogP contribution is 2.16. The lowest BCUT2D eigenvalue weighted by Gasteiger charge is -2.38. The monoisotopic (exact) mass is 514 g/mol. The van der Waals surface area contributed by atoms with E-state index in [4.69, 9.17) is 14.2 Å². The standard InChI is InChI=1S/C27H51N3O6/c1-12-17-30(18-13-2,20-16-28-23(32)35-26(6,7)8)19-14-15-21(22(31)34-25(3,4)5)29-24(33)36-27(9,10)11/h12,21H,1,13-20H2,2-11H3,(H-,28,29,32,33)/p+1/t21-,30?/m0/s1. The maximum atomic E-state index is 12.9. The third kappa shape index (κ3) is 16.4. The number of nitrogens with zero attached hydrogens (tertiary/aromatic N) is 1. The zero-order valence-corrected chi connectivity index (χ0v) is 24.4. The third-order valence-electron chi connectivity index (χ3n) is 4.98. The van der Waals surface area contributed by atoms with Gasteiger partial charge in [0.15, 0.2) is 0 Å². The Morgan fingerprint density at radius 2 is 1.36 bits per heavy atom. The number of carbonyl (C=O) groups excluding carboxylic acids is 3. The van der Waals surface area contributed by atoms with Gasteiger partial charge in [0, 0.05) is 0 Å².